The van der Waals surface area contributed by atoms with Crippen molar-refractivity contribution in [3.05, 3.63) is 0 Å². The lowest BCUT2D eigenvalue weighted by atomic mass is 10.1. The minimum Gasteiger partial charge on any atom is -0.373 e. The van der Waals surface area contributed by atoms with Crippen molar-refractivity contribution in [1.29, 1.82) is 0 Å². The maximum Gasteiger partial charge on any atom is 0.0753 e. The van der Waals surface area contributed by atoms with Crippen LogP contribution in [0.4, 0.5) is 0 Å². The fraction of sp³-hybridized carbons (Fsp3) is 1.00. The van der Waals surface area contributed by atoms with Gasteiger partial charge in [0.2, 0.25) is 0 Å². The van der Waals surface area contributed by atoms with Crippen LogP contribution in [0.3, 0.4) is 0 Å². The van der Waals surface area contributed by atoms with Gasteiger partial charge in [-0.25, -0.2) is 0 Å². The molecule has 3 nitrogen and oxygen atoms in total. The number of likely N-dealkylation sites (N-methyl/N-ethyl adjacent to an activating group) is 1. The second-order valence-electron chi connectivity index (χ2n) is 4.74. The van der Waals surface area contributed by atoms with Crippen LogP contribution in [-0.2, 0) is 4.74 Å². The first-order valence-corrected chi connectivity index (χ1v) is 5.64. The Morgan fingerprint density at radius 3 is 2.79 bits per heavy atom. The molecule has 84 valence electrons. The molecule has 14 heavy (non-hydrogen) atoms. The van der Waals surface area contributed by atoms with Crippen molar-refractivity contribution in [3.8, 4) is 0 Å². The number of nitrogens with one attached hydrogen (secondary N) is 1. The lowest BCUT2D eigenvalue weighted by Crippen LogP contribution is -2.53. The molecule has 1 aliphatic rings. The van der Waals surface area contributed by atoms with Crippen molar-refractivity contribution in [2.24, 2.45) is 0 Å². The highest BCUT2D eigenvalue weighted by atomic mass is 16.5. The molecule has 0 spiro atoms. The van der Waals surface area contributed by atoms with E-state index in [4.69, 9.17) is 4.74 Å². The molecule has 1 saturated heterocycles. The Bertz CT molecular complexity index is 171. The average molecular weight is 200 g/mol. The van der Waals surface area contributed by atoms with Crippen LogP contribution in [0.2, 0.25) is 0 Å². The second-order valence-corrected chi connectivity index (χ2v) is 4.74. The van der Waals surface area contributed by atoms with E-state index < -0.39 is 0 Å². The number of hydrogen-bond acceptors (Lipinski definition) is 3. The molecule has 0 amide bonds. The predicted molar refractivity (Wildman–Crippen MR) is 59.6 cm³/mol. The maximum absolute atomic E-state index is 5.69. The third-order valence-electron chi connectivity index (χ3n) is 2.77. The smallest absolute Gasteiger partial charge is 0.0753 e. The number of rotatable bonds is 4. The van der Waals surface area contributed by atoms with Gasteiger partial charge in [-0.15, -0.1) is 0 Å². The van der Waals surface area contributed by atoms with Gasteiger partial charge in [-0.1, -0.05) is 6.92 Å². The fourth-order valence-corrected chi connectivity index (χ4v) is 1.91. The monoisotopic (exact) mass is 200 g/mol. The van der Waals surface area contributed by atoms with Crippen LogP contribution in [0.1, 0.15) is 27.7 Å². The van der Waals surface area contributed by atoms with Gasteiger partial charge in [0, 0.05) is 25.7 Å². The first kappa shape index (κ1) is 12.0. The summed E-state index contributed by atoms with van der Waals surface area (Å²) in [5.41, 5.74) is 0.0265. The van der Waals surface area contributed by atoms with E-state index in [1.807, 2.05) is 0 Å². The summed E-state index contributed by atoms with van der Waals surface area (Å²) in [6.07, 6.45) is 0. The molecule has 1 fully saturated rings. The van der Waals surface area contributed by atoms with Crippen molar-refractivity contribution in [1.82, 2.24) is 10.2 Å². The van der Waals surface area contributed by atoms with Crippen molar-refractivity contribution in [3.63, 3.8) is 0 Å². The van der Waals surface area contributed by atoms with E-state index in [0.717, 1.165) is 32.8 Å². The molecule has 1 unspecified atom stereocenters. The summed E-state index contributed by atoms with van der Waals surface area (Å²) in [6, 6.07) is 0.609. The molecule has 0 aliphatic carbocycles. The lowest BCUT2D eigenvalue weighted by Gasteiger charge is -2.41. The van der Waals surface area contributed by atoms with Gasteiger partial charge in [0.15, 0.2) is 0 Å². The summed E-state index contributed by atoms with van der Waals surface area (Å²) >= 11 is 0. The Morgan fingerprint density at radius 2 is 2.21 bits per heavy atom. The first-order chi connectivity index (χ1) is 6.55. The summed E-state index contributed by atoms with van der Waals surface area (Å²) in [6.45, 7) is 13.9. The zero-order chi connectivity index (χ0) is 10.6. The molecule has 3 heteroatoms. The Labute approximate surface area is 87.8 Å². The fourth-order valence-electron chi connectivity index (χ4n) is 1.91. The Kier molecular flexibility index (Phi) is 4.35. The van der Waals surface area contributed by atoms with E-state index in [-0.39, 0.29) is 5.60 Å². The van der Waals surface area contributed by atoms with Crippen LogP contribution in [-0.4, -0.2) is 49.3 Å². The highest BCUT2D eigenvalue weighted by Crippen LogP contribution is 2.17. The molecule has 1 aliphatic heterocycles. The summed E-state index contributed by atoms with van der Waals surface area (Å²) in [5, 5.41) is 3.39. The van der Waals surface area contributed by atoms with Gasteiger partial charge < -0.3 is 10.1 Å². The van der Waals surface area contributed by atoms with E-state index in [1.165, 1.54) is 0 Å². The highest BCUT2D eigenvalue weighted by molar-refractivity contribution is 4.82. The highest BCUT2D eigenvalue weighted by Gasteiger charge is 2.29. The molecular formula is C11H24N2O. The molecule has 1 rings (SSSR count). The molecular weight excluding hydrogens is 176 g/mol. The van der Waals surface area contributed by atoms with Crippen molar-refractivity contribution in [2.75, 3.05) is 32.8 Å². The minimum atomic E-state index is 0.0265. The molecule has 1 N–H and O–H groups in total. The van der Waals surface area contributed by atoms with Gasteiger partial charge in [0.05, 0.1) is 12.2 Å². The summed E-state index contributed by atoms with van der Waals surface area (Å²) in [5.74, 6) is 0. The van der Waals surface area contributed by atoms with Crippen LogP contribution >= 0.6 is 0 Å². The van der Waals surface area contributed by atoms with E-state index >= 15 is 0 Å². The van der Waals surface area contributed by atoms with Crippen LogP contribution < -0.4 is 5.32 Å². The number of ether oxygens (including phenoxy) is 1. The minimum absolute atomic E-state index is 0.0265. The Morgan fingerprint density at radius 1 is 1.50 bits per heavy atom. The second kappa shape index (κ2) is 5.10. The van der Waals surface area contributed by atoms with Gasteiger partial charge in [-0.3, -0.25) is 4.90 Å². The van der Waals surface area contributed by atoms with Gasteiger partial charge in [-0.05, 0) is 27.3 Å². The summed E-state index contributed by atoms with van der Waals surface area (Å²) < 4.78 is 5.69. The van der Waals surface area contributed by atoms with Crippen molar-refractivity contribution >= 4 is 0 Å². The topological polar surface area (TPSA) is 24.5 Å². The van der Waals surface area contributed by atoms with Gasteiger partial charge in [0.1, 0.15) is 0 Å². The zero-order valence-electron chi connectivity index (χ0n) is 9.97. The van der Waals surface area contributed by atoms with Crippen LogP contribution in [0.15, 0.2) is 0 Å². The zero-order valence-corrected chi connectivity index (χ0v) is 9.97. The Hall–Kier alpha value is -0.120. The lowest BCUT2D eigenvalue weighted by molar-refractivity contribution is -0.0949. The van der Waals surface area contributed by atoms with E-state index in [0.29, 0.717) is 6.04 Å². The van der Waals surface area contributed by atoms with Gasteiger partial charge in [-0.2, -0.15) is 0 Å². The van der Waals surface area contributed by atoms with Crippen LogP contribution in [0.5, 0.6) is 0 Å². The first-order valence-electron chi connectivity index (χ1n) is 5.64. The van der Waals surface area contributed by atoms with Crippen molar-refractivity contribution in [2.45, 2.75) is 39.3 Å². The number of morpholine rings is 1. The molecule has 0 bridgehead atoms. The molecule has 0 radical (unpaired) electrons. The third kappa shape index (κ3) is 3.56. The van der Waals surface area contributed by atoms with Crippen LogP contribution in [0, 0.1) is 0 Å². The molecule has 0 saturated carbocycles. The van der Waals surface area contributed by atoms with Crippen LogP contribution in [0.25, 0.3) is 0 Å². The number of nitrogens with zero attached hydrogens (tertiary/aromatic N) is 1. The Balaban J connectivity index is 2.35. The molecule has 0 aromatic rings. The standard InChI is InChI=1S/C11H24N2O/c1-5-12-8-10(2)13-6-7-14-11(3,4)9-13/h10,12H,5-9H2,1-4H3. The quantitative estimate of drug-likeness (QED) is 0.735. The average Bonchev–Trinajstić information content (AvgIpc) is 2.12. The largest absolute Gasteiger partial charge is 0.373 e. The maximum atomic E-state index is 5.69. The van der Waals surface area contributed by atoms with E-state index in [2.05, 4.69) is 37.9 Å². The molecule has 0 aromatic heterocycles. The summed E-state index contributed by atoms with van der Waals surface area (Å²) in [4.78, 5) is 2.51. The number of hydrogen-bond donors (Lipinski definition) is 1. The van der Waals surface area contributed by atoms with E-state index in [9.17, 15) is 0 Å². The SMILES string of the molecule is CCNCC(C)N1CCOC(C)(C)C1. The third-order valence-corrected chi connectivity index (χ3v) is 2.77. The predicted octanol–water partition coefficient (Wildman–Crippen LogP) is 1.10. The van der Waals surface area contributed by atoms with Gasteiger partial charge in [0.25, 0.3) is 0 Å². The molecule has 0 aromatic carbocycles. The van der Waals surface area contributed by atoms with Gasteiger partial charge >= 0.3 is 0 Å². The molecule has 1 heterocycles. The van der Waals surface area contributed by atoms with E-state index in [1.54, 1.807) is 0 Å². The normalized spacial score (nSPS) is 24.9. The summed E-state index contributed by atoms with van der Waals surface area (Å²) in [7, 11) is 0. The van der Waals surface area contributed by atoms with Crippen molar-refractivity contribution < 1.29 is 4.74 Å². The molecule has 1 atom stereocenters.